The average molecular weight is 430 g/mol. The summed E-state index contributed by atoms with van der Waals surface area (Å²) in [7, 11) is 3.17. The molecular weight excluding hydrogens is 406 g/mol. The van der Waals surface area contributed by atoms with Crippen molar-refractivity contribution in [3.8, 4) is 11.5 Å². The highest BCUT2D eigenvalue weighted by Gasteiger charge is 2.23. The van der Waals surface area contributed by atoms with Crippen molar-refractivity contribution >= 4 is 29.1 Å². The lowest BCUT2D eigenvalue weighted by molar-refractivity contribution is -0.136. The smallest absolute Gasteiger partial charge is 0.243 e. The number of nitrogens with zero attached hydrogens (tertiary/aromatic N) is 2. The molecule has 0 radical (unpaired) electrons. The molecule has 2 amide bonds. The number of hydrogen-bond donors (Lipinski definition) is 1. The minimum Gasteiger partial charge on any atom is -0.493 e. The van der Waals surface area contributed by atoms with Crippen LogP contribution in [-0.4, -0.2) is 49.8 Å². The molecule has 1 aliphatic heterocycles. The first-order chi connectivity index (χ1) is 14.5. The lowest BCUT2D eigenvalue weighted by Gasteiger charge is -2.23. The van der Waals surface area contributed by atoms with Crippen molar-refractivity contribution in [3.63, 3.8) is 0 Å². The molecule has 0 aliphatic carbocycles. The zero-order valence-corrected chi connectivity index (χ0v) is 17.7. The maximum atomic E-state index is 12.3. The van der Waals surface area contributed by atoms with Crippen LogP contribution in [0.5, 0.6) is 11.5 Å². The molecule has 1 N–H and O–H groups in total. The summed E-state index contributed by atoms with van der Waals surface area (Å²) in [6.07, 6.45) is 1.48. The monoisotopic (exact) mass is 429 g/mol. The Kier molecular flexibility index (Phi) is 7.30. The van der Waals surface area contributed by atoms with Crippen molar-refractivity contribution in [3.05, 3.63) is 58.6 Å². The summed E-state index contributed by atoms with van der Waals surface area (Å²) in [6.45, 7) is 0.325. The van der Waals surface area contributed by atoms with Crippen molar-refractivity contribution in [1.82, 2.24) is 10.3 Å². The van der Waals surface area contributed by atoms with Crippen molar-refractivity contribution in [1.29, 1.82) is 0 Å². The molecule has 2 aromatic rings. The number of halogens is 1. The number of carbonyl (C=O) groups is 2. The lowest BCUT2D eigenvalue weighted by Crippen LogP contribution is -2.40. The molecule has 0 aromatic heterocycles. The Bertz CT molecular complexity index is 944. The van der Waals surface area contributed by atoms with Gasteiger partial charge in [0.05, 0.1) is 19.9 Å². The van der Waals surface area contributed by atoms with E-state index in [1.165, 1.54) is 5.01 Å². The van der Waals surface area contributed by atoms with Gasteiger partial charge in [-0.3, -0.25) is 9.59 Å². The van der Waals surface area contributed by atoms with E-state index in [1.807, 2.05) is 30.3 Å². The van der Waals surface area contributed by atoms with Gasteiger partial charge in [0.25, 0.3) is 0 Å². The number of amides is 2. The van der Waals surface area contributed by atoms with Crippen LogP contribution in [0.15, 0.2) is 47.6 Å². The van der Waals surface area contributed by atoms with Gasteiger partial charge in [-0.1, -0.05) is 29.8 Å². The lowest BCUT2D eigenvalue weighted by atomic mass is 10.0. The number of carbonyl (C=O) groups excluding carboxylic acids is 2. The van der Waals surface area contributed by atoms with Gasteiger partial charge in [-0.2, -0.15) is 5.10 Å². The highest BCUT2D eigenvalue weighted by Crippen LogP contribution is 2.27. The van der Waals surface area contributed by atoms with E-state index in [-0.39, 0.29) is 18.4 Å². The van der Waals surface area contributed by atoms with Crippen LogP contribution in [0.4, 0.5) is 0 Å². The number of rotatable bonds is 8. The molecule has 0 spiro atoms. The zero-order valence-electron chi connectivity index (χ0n) is 17.0. The summed E-state index contributed by atoms with van der Waals surface area (Å²) >= 11 is 5.93. The van der Waals surface area contributed by atoms with Crippen LogP contribution < -0.4 is 14.8 Å². The Balaban J connectivity index is 1.55. The fourth-order valence-electron chi connectivity index (χ4n) is 3.15. The number of hydrazone groups is 1. The number of hydrogen-bond acceptors (Lipinski definition) is 5. The summed E-state index contributed by atoms with van der Waals surface area (Å²) < 4.78 is 10.5. The molecule has 3 rings (SSSR count). The van der Waals surface area contributed by atoms with Crippen LogP contribution in [0, 0.1) is 0 Å². The van der Waals surface area contributed by atoms with E-state index < -0.39 is 0 Å². The predicted molar refractivity (Wildman–Crippen MR) is 115 cm³/mol. The standard InChI is InChI=1S/C22H24ClN3O4/c1-29-19-9-3-15(13-20(19)30-2)11-12-24-21(27)14-26-22(28)10-8-18(25-26)16-4-6-17(23)7-5-16/h3-7,9,13H,8,10-12,14H2,1-2H3,(H,24,27). The molecule has 0 fully saturated rings. The Morgan fingerprint density at radius 2 is 1.83 bits per heavy atom. The Morgan fingerprint density at radius 3 is 2.53 bits per heavy atom. The molecule has 0 saturated carbocycles. The van der Waals surface area contributed by atoms with E-state index in [4.69, 9.17) is 21.1 Å². The number of nitrogens with one attached hydrogen (secondary N) is 1. The summed E-state index contributed by atoms with van der Waals surface area (Å²) in [6, 6.07) is 12.9. The molecule has 30 heavy (non-hydrogen) atoms. The van der Waals surface area contributed by atoms with Crippen LogP contribution in [-0.2, 0) is 16.0 Å². The van der Waals surface area contributed by atoms with Crippen molar-refractivity contribution in [2.24, 2.45) is 5.10 Å². The van der Waals surface area contributed by atoms with E-state index in [2.05, 4.69) is 10.4 Å². The van der Waals surface area contributed by atoms with Gasteiger partial charge in [-0.25, -0.2) is 5.01 Å². The van der Waals surface area contributed by atoms with Crippen LogP contribution in [0.1, 0.15) is 24.0 Å². The van der Waals surface area contributed by atoms with Crippen molar-refractivity contribution in [2.75, 3.05) is 27.3 Å². The third-order valence-electron chi connectivity index (χ3n) is 4.76. The topological polar surface area (TPSA) is 80.2 Å². The molecule has 2 aromatic carbocycles. The molecule has 0 unspecified atom stereocenters. The Hall–Kier alpha value is -3.06. The van der Waals surface area contributed by atoms with E-state index in [9.17, 15) is 9.59 Å². The SMILES string of the molecule is COc1ccc(CCNC(=O)CN2N=C(c3ccc(Cl)cc3)CCC2=O)cc1OC. The van der Waals surface area contributed by atoms with E-state index in [1.54, 1.807) is 26.4 Å². The molecule has 8 heteroatoms. The molecule has 0 bridgehead atoms. The van der Waals surface area contributed by atoms with Gasteiger partial charge in [0.15, 0.2) is 11.5 Å². The molecule has 0 atom stereocenters. The second-order valence-electron chi connectivity index (χ2n) is 6.79. The Labute approximate surface area is 180 Å². The van der Waals surface area contributed by atoms with E-state index in [0.717, 1.165) is 16.8 Å². The average Bonchev–Trinajstić information content (AvgIpc) is 2.75. The van der Waals surface area contributed by atoms with E-state index in [0.29, 0.717) is 42.3 Å². The van der Waals surface area contributed by atoms with Gasteiger partial charge >= 0.3 is 0 Å². The summed E-state index contributed by atoms with van der Waals surface area (Å²) in [5.41, 5.74) is 2.67. The minimum atomic E-state index is -0.259. The van der Waals surface area contributed by atoms with Gasteiger partial charge in [-0.15, -0.1) is 0 Å². The second-order valence-corrected chi connectivity index (χ2v) is 7.23. The van der Waals surface area contributed by atoms with Crippen molar-refractivity contribution < 1.29 is 19.1 Å². The number of benzene rings is 2. The molecule has 7 nitrogen and oxygen atoms in total. The largest absolute Gasteiger partial charge is 0.493 e. The Morgan fingerprint density at radius 1 is 1.10 bits per heavy atom. The first kappa shape index (κ1) is 21.6. The van der Waals surface area contributed by atoms with Gasteiger partial charge in [0, 0.05) is 24.4 Å². The molecule has 0 saturated heterocycles. The zero-order chi connectivity index (χ0) is 21.5. The fourth-order valence-corrected chi connectivity index (χ4v) is 3.27. The van der Waals surface area contributed by atoms with E-state index >= 15 is 0 Å². The molecular formula is C22H24ClN3O4. The van der Waals surface area contributed by atoms with Gasteiger partial charge < -0.3 is 14.8 Å². The first-order valence-corrected chi connectivity index (χ1v) is 9.99. The maximum Gasteiger partial charge on any atom is 0.243 e. The predicted octanol–water partition coefficient (Wildman–Crippen LogP) is 3.04. The van der Waals surface area contributed by atoms with Gasteiger partial charge in [-0.05, 0) is 41.8 Å². The van der Waals surface area contributed by atoms with Crippen LogP contribution in [0.3, 0.4) is 0 Å². The van der Waals surface area contributed by atoms with Crippen LogP contribution in [0.25, 0.3) is 0 Å². The minimum absolute atomic E-state index is 0.109. The number of ether oxygens (including phenoxy) is 2. The normalized spacial score (nSPS) is 13.6. The van der Waals surface area contributed by atoms with Crippen LogP contribution >= 0.6 is 11.6 Å². The van der Waals surface area contributed by atoms with Crippen molar-refractivity contribution in [2.45, 2.75) is 19.3 Å². The molecule has 158 valence electrons. The highest BCUT2D eigenvalue weighted by atomic mass is 35.5. The molecule has 1 aliphatic rings. The maximum absolute atomic E-state index is 12.3. The van der Waals surface area contributed by atoms with Gasteiger partial charge in [0.1, 0.15) is 6.54 Å². The number of methoxy groups -OCH3 is 2. The summed E-state index contributed by atoms with van der Waals surface area (Å²) in [5, 5.41) is 9.08. The van der Waals surface area contributed by atoms with Crippen LogP contribution in [0.2, 0.25) is 5.02 Å². The third-order valence-corrected chi connectivity index (χ3v) is 5.01. The second kappa shape index (κ2) is 10.1. The third kappa shape index (κ3) is 5.51. The highest BCUT2D eigenvalue weighted by molar-refractivity contribution is 6.30. The van der Waals surface area contributed by atoms with Gasteiger partial charge in [0.2, 0.25) is 11.8 Å². The summed E-state index contributed by atoms with van der Waals surface area (Å²) in [5.74, 6) is 0.875. The fraction of sp³-hybridized carbons (Fsp3) is 0.318. The quantitative estimate of drug-likeness (QED) is 0.699. The first-order valence-electron chi connectivity index (χ1n) is 9.61. The molecule has 1 heterocycles. The summed E-state index contributed by atoms with van der Waals surface area (Å²) in [4.78, 5) is 24.5.